The van der Waals surface area contributed by atoms with Crippen molar-refractivity contribution in [3.05, 3.63) is 113 Å². The van der Waals surface area contributed by atoms with Gasteiger partial charge in [0.25, 0.3) is 5.91 Å². The Kier molecular flexibility index (Phi) is 10.4. The lowest BCUT2D eigenvalue weighted by Crippen LogP contribution is -2.42. The number of para-hydroxylation sites is 2. The normalized spacial score (nSPS) is 16.1. The molecular formula is C45H50N6O2. The Labute approximate surface area is 312 Å². The van der Waals surface area contributed by atoms with E-state index in [0.717, 1.165) is 93.4 Å². The van der Waals surface area contributed by atoms with Gasteiger partial charge < -0.3 is 20.5 Å². The standard InChI is InChI=1S/C45H50N6O2/c1-2-51-41-18-8-5-13-35(41)38-28-34(23-24-42(38)51)48-45(53)32-21-19-31(20-22-32)29-50-27-11-12-33(30-50)44(52)47-26-10-9-25-46-43-36-14-3-6-16-39(36)49-40-17-7-4-15-37(40)43/h3,5-6,8,13-14,16,18-24,28,33H,2,4,7,9-12,15,17,25-27,29-30H2,1H3,(H,46,49)(H,47,52)(H,48,53)/t33-/m0/s1. The Hall–Kier alpha value is -5.21. The summed E-state index contributed by atoms with van der Waals surface area (Å²) < 4.78 is 2.31. The van der Waals surface area contributed by atoms with E-state index >= 15 is 0 Å². The van der Waals surface area contributed by atoms with Gasteiger partial charge in [-0.2, -0.15) is 0 Å². The number of fused-ring (bicyclic) bond motifs is 5. The first kappa shape index (κ1) is 34.9. The number of nitrogens with one attached hydrogen (secondary N) is 3. The van der Waals surface area contributed by atoms with Crippen LogP contribution in [0.3, 0.4) is 0 Å². The van der Waals surface area contributed by atoms with E-state index < -0.39 is 0 Å². The number of unbranched alkanes of at least 4 members (excludes halogenated alkanes) is 1. The second-order valence-corrected chi connectivity index (χ2v) is 14.8. The van der Waals surface area contributed by atoms with Crippen molar-refractivity contribution in [2.24, 2.45) is 5.92 Å². The number of benzene rings is 4. The van der Waals surface area contributed by atoms with Crippen molar-refractivity contribution in [1.29, 1.82) is 0 Å². The maximum Gasteiger partial charge on any atom is 0.255 e. The van der Waals surface area contributed by atoms with E-state index in [-0.39, 0.29) is 17.7 Å². The van der Waals surface area contributed by atoms with Gasteiger partial charge in [-0.3, -0.25) is 19.5 Å². The van der Waals surface area contributed by atoms with Gasteiger partial charge in [0.15, 0.2) is 0 Å². The highest BCUT2D eigenvalue weighted by atomic mass is 16.2. The molecule has 8 heteroatoms. The Morgan fingerprint density at radius 2 is 1.58 bits per heavy atom. The fourth-order valence-corrected chi connectivity index (χ4v) is 8.50. The number of pyridine rings is 1. The number of hydrogen-bond acceptors (Lipinski definition) is 5. The van der Waals surface area contributed by atoms with Crippen LogP contribution >= 0.6 is 0 Å². The van der Waals surface area contributed by atoms with Crippen LogP contribution < -0.4 is 16.0 Å². The number of carbonyl (C=O) groups excluding carboxylic acids is 2. The number of aromatic nitrogens is 2. The molecule has 1 saturated heterocycles. The summed E-state index contributed by atoms with van der Waals surface area (Å²) in [7, 11) is 0. The van der Waals surface area contributed by atoms with Gasteiger partial charge in [0, 0.05) is 82.5 Å². The van der Waals surface area contributed by atoms with Gasteiger partial charge in [0.05, 0.1) is 11.4 Å². The number of hydrogen-bond donors (Lipinski definition) is 3. The molecule has 0 unspecified atom stereocenters. The molecule has 6 aromatic rings. The molecule has 8 nitrogen and oxygen atoms in total. The van der Waals surface area contributed by atoms with Crippen molar-refractivity contribution in [3.8, 4) is 0 Å². The van der Waals surface area contributed by atoms with Gasteiger partial charge in [-0.1, -0.05) is 48.5 Å². The van der Waals surface area contributed by atoms with E-state index in [1.807, 2.05) is 30.3 Å². The molecule has 2 aromatic heterocycles. The maximum atomic E-state index is 13.2. The lowest BCUT2D eigenvalue weighted by Gasteiger charge is -2.32. The van der Waals surface area contributed by atoms with Crippen LogP contribution in [0.25, 0.3) is 32.7 Å². The average Bonchev–Trinajstić information content (AvgIpc) is 3.52. The van der Waals surface area contributed by atoms with Gasteiger partial charge in [-0.05, 0) is 118 Å². The first-order chi connectivity index (χ1) is 26.1. The molecule has 53 heavy (non-hydrogen) atoms. The van der Waals surface area contributed by atoms with E-state index in [0.29, 0.717) is 12.1 Å². The van der Waals surface area contributed by atoms with Crippen LogP contribution in [0.4, 0.5) is 11.4 Å². The molecule has 3 N–H and O–H groups in total. The van der Waals surface area contributed by atoms with Crippen molar-refractivity contribution < 1.29 is 9.59 Å². The number of nitrogens with zero attached hydrogens (tertiary/aromatic N) is 3. The average molecular weight is 707 g/mol. The monoisotopic (exact) mass is 706 g/mol. The Balaban J connectivity index is 0.795. The van der Waals surface area contributed by atoms with E-state index in [9.17, 15) is 9.59 Å². The number of aryl methyl sites for hydroxylation is 2. The summed E-state index contributed by atoms with van der Waals surface area (Å²) in [6, 6.07) is 30.9. The molecule has 4 aromatic carbocycles. The summed E-state index contributed by atoms with van der Waals surface area (Å²) in [4.78, 5) is 33.7. The third-order valence-corrected chi connectivity index (χ3v) is 11.2. The molecule has 0 spiro atoms. The van der Waals surface area contributed by atoms with Crippen molar-refractivity contribution in [2.75, 3.05) is 36.8 Å². The van der Waals surface area contributed by atoms with E-state index in [1.54, 1.807) is 0 Å². The Bertz CT molecular complexity index is 2260. The highest BCUT2D eigenvalue weighted by Gasteiger charge is 2.26. The number of amides is 2. The number of likely N-dealkylation sites (tertiary alicyclic amines) is 1. The van der Waals surface area contributed by atoms with Gasteiger partial charge in [-0.15, -0.1) is 0 Å². The second-order valence-electron chi connectivity index (χ2n) is 14.8. The molecule has 1 aliphatic heterocycles. The Morgan fingerprint density at radius 3 is 2.45 bits per heavy atom. The third-order valence-electron chi connectivity index (χ3n) is 11.2. The number of anilines is 2. The van der Waals surface area contributed by atoms with Crippen LogP contribution in [-0.2, 0) is 30.7 Å². The van der Waals surface area contributed by atoms with Crippen LogP contribution in [0.15, 0.2) is 91.0 Å². The summed E-state index contributed by atoms with van der Waals surface area (Å²) in [5.41, 5.74) is 9.93. The van der Waals surface area contributed by atoms with E-state index in [1.165, 1.54) is 51.6 Å². The predicted molar refractivity (Wildman–Crippen MR) is 217 cm³/mol. The molecule has 0 radical (unpaired) electrons. The van der Waals surface area contributed by atoms with Crippen molar-refractivity contribution >= 4 is 55.9 Å². The minimum atomic E-state index is -0.120. The van der Waals surface area contributed by atoms with E-state index in [4.69, 9.17) is 4.98 Å². The van der Waals surface area contributed by atoms with Crippen LogP contribution in [-0.4, -0.2) is 52.4 Å². The molecule has 2 aliphatic rings. The zero-order chi connectivity index (χ0) is 36.1. The quantitative estimate of drug-likeness (QED) is 0.111. The zero-order valence-electron chi connectivity index (χ0n) is 30.8. The highest BCUT2D eigenvalue weighted by molar-refractivity contribution is 6.11. The topological polar surface area (TPSA) is 91.3 Å². The first-order valence-corrected chi connectivity index (χ1v) is 19.6. The lowest BCUT2D eigenvalue weighted by atomic mass is 9.92. The summed E-state index contributed by atoms with van der Waals surface area (Å²) in [6.45, 7) is 7.13. The summed E-state index contributed by atoms with van der Waals surface area (Å²) >= 11 is 0. The van der Waals surface area contributed by atoms with Crippen LogP contribution in [0, 0.1) is 5.92 Å². The van der Waals surface area contributed by atoms with Crippen molar-refractivity contribution in [2.45, 2.75) is 71.4 Å². The molecular weight excluding hydrogens is 657 g/mol. The van der Waals surface area contributed by atoms with Gasteiger partial charge in [-0.25, -0.2) is 0 Å². The summed E-state index contributed by atoms with van der Waals surface area (Å²) in [5, 5.41) is 13.6. The van der Waals surface area contributed by atoms with Crippen molar-refractivity contribution in [3.63, 3.8) is 0 Å². The van der Waals surface area contributed by atoms with Gasteiger partial charge in [0.2, 0.25) is 5.91 Å². The minimum absolute atomic E-state index is 0.00493. The SMILES string of the molecule is CCn1c2ccccc2c2cc(NC(=O)c3ccc(CN4CCC[C@H](C(=O)NCCCCNc5c6c(nc7ccccc57)CCCC6)C4)cc3)ccc21. The Morgan fingerprint density at radius 1 is 0.811 bits per heavy atom. The second kappa shape index (κ2) is 15.8. The smallest absolute Gasteiger partial charge is 0.255 e. The molecule has 8 rings (SSSR count). The van der Waals surface area contributed by atoms with Crippen molar-refractivity contribution in [1.82, 2.24) is 19.8 Å². The third kappa shape index (κ3) is 7.51. The van der Waals surface area contributed by atoms with Crippen LogP contribution in [0.5, 0.6) is 0 Å². The molecule has 1 aliphatic carbocycles. The number of piperidine rings is 1. The molecule has 0 bridgehead atoms. The summed E-state index contributed by atoms with van der Waals surface area (Å²) in [5.74, 6) is 0.0528. The van der Waals surface area contributed by atoms with Gasteiger partial charge in [0.1, 0.15) is 0 Å². The first-order valence-electron chi connectivity index (χ1n) is 19.6. The highest BCUT2D eigenvalue weighted by Crippen LogP contribution is 2.34. The number of rotatable bonds is 12. The van der Waals surface area contributed by atoms with Gasteiger partial charge >= 0.3 is 0 Å². The molecule has 1 fully saturated rings. The molecule has 3 heterocycles. The fourth-order valence-electron chi connectivity index (χ4n) is 8.50. The molecule has 272 valence electrons. The largest absolute Gasteiger partial charge is 0.384 e. The maximum absolute atomic E-state index is 13.2. The fraction of sp³-hybridized carbons (Fsp3) is 0.356. The molecule has 1 atom stereocenters. The minimum Gasteiger partial charge on any atom is -0.384 e. The predicted octanol–water partition coefficient (Wildman–Crippen LogP) is 8.71. The van der Waals surface area contributed by atoms with E-state index in [2.05, 4.69) is 93.0 Å². The zero-order valence-corrected chi connectivity index (χ0v) is 30.8. The lowest BCUT2D eigenvalue weighted by molar-refractivity contribution is -0.126. The summed E-state index contributed by atoms with van der Waals surface area (Å²) in [6.07, 6.45) is 8.47. The molecule has 0 saturated carbocycles. The van der Waals surface area contributed by atoms with Crippen LogP contribution in [0.2, 0.25) is 0 Å². The number of carbonyl (C=O) groups is 2. The molecule has 2 amide bonds. The van der Waals surface area contributed by atoms with Crippen LogP contribution in [0.1, 0.15) is 72.6 Å².